The van der Waals surface area contributed by atoms with E-state index in [1.807, 2.05) is 11.5 Å². The van der Waals surface area contributed by atoms with Crippen LogP contribution in [0.5, 0.6) is 0 Å². The third-order valence-corrected chi connectivity index (χ3v) is 5.22. The average Bonchev–Trinajstić information content (AvgIpc) is 3.14. The molecule has 0 spiro atoms. The zero-order valence-electron chi connectivity index (χ0n) is 12.2. The topological polar surface area (TPSA) is 71.3 Å². The van der Waals surface area contributed by atoms with E-state index in [1.165, 1.54) is 0 Å². The molecule has 1 unspecified atom stereocenters. The van der Waals surface area contributed by atoms with Crippen LogP contribution in [0.1, 0.15) is 57.7 Å². The number of rotatable bonds is 8. The summed E-state index contributed by atoms with van der Waals surface area (Å²) in [6, 6.07) is 1.87. The molecule has 1 aliphatic carbocycles. The Morgan fingerprint density at radius 2 is 2.20 bits per heavy atom. The molecule has 6 heteroatoms. The molecule has 2 N–H and O–H groups in total. The highest BCUT2D eigenvalue weighted by atomic mass is 32.2. The van der Waals surface area contributed by atoms with Crippen LogP contribution in [0.15, 0.2) is 17.2 Å². The number of nitrogens with zero attached hydrogens (tertiary/aromatic N) is 1. The molecule has 0 amide bonds. The smallest absolute Gasteiger partial charge is 0.242 e. The summed E-state index contributed by atoms with van der Waals surface area (Å²) in [5.41, 5.74) is 0.675. The van der Waals surface area contributed by atoms with Gasteiger partial charge in [0.05, 0.1) is 11.5 Å². The summed E-state index contributed by atoms with van der Waals surface area (Å²) in [6.07, 6.45) is 6.67. The van der Waals surface area contributed by atoms with Crippen molar-refractivity contribution in [1.29, 1.82) is 0 Å². The largest absolute Gasteiger partial charge is 0.390 e. The molecule has 0 aliphatic heterocycles. The van der Waals surface area contributed by atoms with Gasteiger partial charge in [-0.05, 0) is 32.3 Å². The van der Waals surface area contributed by atoms with Crippen LogP contribution in [0, 0.1) is 0 Å². The lowest BCUT2D eigenvalue weighted by atomic mass is 10.2. The Morgan fingerprint density at radius 3 is 2.75 bits per heavy atom. The maximum absolute atomic E-state index is 12.3. The second kappa shape index (κ2) is 6.28. The van der Waals surface area contributed by atoms with Crippen LogP contribution in [-0.4, -0.2) is 24.1 Å². The summed E-state index contributed by atoms with van der Waals surface area (Å²) in [5.74, 6) is 0. The molecular formula is C14H24N2O3S. The Kier molecular flexibility index (Phi) is 4.88. The molecule has 114 valence electrons. The van der Waals surface area contributed by atoms with Crippen LogP contribution in [0.3, 0.4) is 0 Å². The number of unbranched alkanes of at least 4 members (excludes halogenated alkanes) is 1. The van der Waals surface area contributed by atoms with Crippen molar-refractivity contribution < 1.29 is 13.5 Å². The van der Waals surface area contributed by atoms with Crippen molar-refractivity contribution in [2.24, 2.45) is 0 Å². The van der Waals surface area contributed by atoms with Crippen molar-refractivity contribution in [1.82, 2.24) is 9.29 Å². The Labute approximate surface area is 121 Å². The number of aliphatic hydroxyl groups is 1. The van der Waals surface area contributed by atoms with Crippen LogP contribution >= 0.6 is 0 Å². The van der Waals surface area contributed by atoms with Crippen molar-refractivity contribution in [2.75, 3.05) is 0 Å². The lowest BCUT2D eigenvalue weighted by Gasteiger charge is -2.12. The number of aliphatic hydroxyl groups excluding tert-OH is 1. The van der Waals surface area contributed by atoms with Crippen LogP contribution in [0.4, 0.5) is 0 Å². The van der Waals surface area contributed by atoms with Gasteiger partial charge in [-0.1, -0.05) is 19.8 Å². The highest BCUT2D eigenvalue weighted by molar-refractivity contribution is 7.89. The lowest BCUT2D eigenvalue weighted by Crippen LogP contribution is -2.32. The van der Waals surface area contributed by atoms with Crippen molar-refractivity contribution >= 4 is 10.0 Å². The van der Waals surface area contributed by atoms with Gasteiger partial charge < -0.3 is 9.67 Å². The third kappa shape index (κ3) is 3.62. The van der Waals surface area contributed by atoms with E-state index in [1.54, 1.807) is 12.3 Å². The van der Waals surface area contributed by atoms with Gasteiger partial charge in [0, 0.05) is 24.0 Å². The zero-order chi connectivity index (χ0) is 14.8. The minimum absolute atomic E-state index is 0.0678. The molecule has 1 aromatic rings. The lowest BCUT2D eigenvalue weighted by molar-refractivity contribution is 0.270. The summed E-state index contributed by atoms with van der Waals surface area (Å²) < 4.78 is 29.3. The van der Waals surface area contributed by atoms with Crippen LogP contribution < -0.4 is 4.72 Å². The van der Waals surface area contributed by atoms with Crippen LogP contribution in [0.25, 0.3) is 0 Å². The van der Waals surface area contributed by atoms with E-state index < -0.39 is 10.0 Å². The molecule has 0 saturated heterocycles. The van der Waals surface area contributed by atoms with Crippen molar-refractivity contribution in [2.45, 2.75) is 69.5 Å². The molecule has 1 heterocycles. The van der Waals surface area contributed by atoms with Gasteiger partial charge in [0.2, 0.25) is 10.0 Å². The first kappa shape index (κ1) is 15.5. The van der Waals surface area contributed by atoms with Gasteiger partial charge in [0.1, 0.15) is 0 Å². The SMILES string of the molecule is CCCCC(C)NS(=O)(=O)c1cc(CO)n(C2CC2)c1. The molecule has 2 rings (SSSR count). The highest BCUT2D eigenvalue weighted by Crippen LogP contribution is 2.37. The highest BCUT2D eigenvalue weighted by Gasteiger charge is 2.28. The predicted octanol–water partition coefficient (Wildman–Crippen LogP) is 2.17. The summed E-state index contributed by atoms with van der Waals surface area (Å²) >= 11 is 0. The minimum atomic E-state index is -3.49. The number of nitrogens with one attached hydrogen (secondary N) is 1. The van der Waals surface area contributed by atoms with Crippen LogP contribution in [-0.2, 0) is 16.6 Å². The molecule has 0 radical (unpaired) electrons. The number of aromatic nitrogens is 1. The van der Waals surface area contributed by atoms with Gasteiger partial charge >= 0.3 is 0 Å². The maximum Gasteiger partial charge on any atom is 0.242 e. The standard InChI is InChI=1S/C14H24N2O3S/c1-3-4-5-11(2)15-20(18,19)14-8-13(10-17)16(9-14)12-6-7-12/h8-9,11-12,15,17H,3-7,10H2,1-2H3. The van der Waals surface area contributed by atoms with E-state index >= 15 is 0 Å². The maximum atomic E-state index is 12.3. The molecule has 1 saturated carbocycles. The van der Waals surface area contributed by atoms with Gasteiger partial charge in [-0.2, -0.15) is 0 Å². The number of hydrogen-bond acceptors (Lipinski definition) is 3. The fraction of sp³-hybridized carbons (Fsp3) is 0.714. The first-order valence-electron chi connectivity index (χ1n) is 7.32. The fourth-order valence-corrected chi connectivity index (χ4v) is 3.69. The summed E-state index contributed by atoms with van der Waals surface area (Å²) in [5, 5.41) is 9.34. The molecule has 5 nitrogen and oxygen atoms in total. The van der Waals surface area contributed by atoms with E-state index in [0.717, 1.165) is 32.1 Å². The number of hydrogen-bond donors (Lipinski definition) is 2. The number of sulfonamides is 1. The van der Waals surface area contributed by atoms with Gasteiger partial charge in [0.25, 0.3) is 0 Å². The monoisotopic (exact) mass is 300 g/mol. The molecule has 1 atom stereocenters. The molecule has 0 aromatic carbocycles. The third-order valence-electron chi connectivity index (χ3n) is 3.67. The van der Waals surface area contributed by atoms with Gasteiger partial charge in [0.15, 0.2) is 0 Å². The second-order valence-corrected chi connectivity index (χ2v) is 7.34. The fourth-order valence-electron chi connectivity index (χ4n) is 2.37. The van der Waals surface area contributed by atoms with Gasteiger partial charge in [-0.3, -0.25) is 0 Å². The summed E-state index contributed by atoms with van der Waals surface area (Å²) in [4.78, 5) is 0.261. The Hall–Kier alpha value is -0.850. The van der Waals surface area contributed by atoms with Crippen molar-refractivity contribution in [3.63, 3.8) is 0 Å². The molecular weight excluding hydrogens is 276 g/mol. The second-order valence-electron chi connectivity index (χ2n) is 5.63. The normalized spacial score (nSPS) is 17.4. The van der Waals surface area contributed by atoms with Crippen molar-refractivity contribution in [3.05, 3.63) is 18.0 Å². The molecule has 20 heavy (non-hydrogen) atoms. The first-order chi connectivity index (χ1) is 9.47. The minimum Gasteiger partial charge on any atom is -0.390 e. The summed E-state index contributed by atoms with van der Waals surface area (Å²) in [7, 11) is -3.49. The van der Waals surface area contributed by atoms with E-state index in [4.69, 9.17) is 0 Å². The van der Waals surface area contributed by atoms with Gasteiger partial charge in [-0.15, -0.1) is 0 Å². The summed E-state index contributed by atoms with van der Waals surface area (Å²) in [6.45, 7) is 3.85. The Bertz CT molecular complexity index is 547. The Balaban J connectivity index is 2.12. The molecule has 1 fully saturated rings. The van der Waals surface area contributed by atoms with E-state index in [0.29, 0.717) is 11.7 Å². The van der Waals surface area contributed by atoms with Gasteiger partial charge in [-0.25, -0.2) is 13.1 Å². The zero-order valence-corrected chi connectivity index (χ0v) is 13.0. The van der Waals surface area contributed by atoms with E-state index in [9.17, 15) is 13.5 Å². The van der Waals surface area contributed by atoms with E-state index in [2.05, 4.69) is 11.6 Å². The predicted molar refractivity (Wildman–Crippen MR) is 77.9 cm³/mol. The quantitative estimate of drug-likeness (QED) is 0.773. The van der Waals surface area contributed by atoms with Crippen LogP contribution in [0.2, 0.25) is 0 Å². The molecule has 1 aliphatic rings. The van der Waals surface area contributed by atoms with E-state index in [-0.39, 0.29) is 17.5 Å². The van der Waals surface area contributed by atoms with Crippen molar-refractivity contribution in [3.8, 4) is 0 Å². The first-order valence-corrected chi connectivity index (χ1v) is 8.80. The molecule has 0 bridgehead atoms. The molecule has 1 aromatic heterocycles. The average molecular weight is 300 g/mol. The Morgan fingerprint density at radius 1 is 1.50 bits per heavy atom.